The monoisotopic (exact) mass is 517 g/mol. The van der Waals surface area contributed by atoms with E-state index < -0.39 is 0 Å². The highest BCUT2D eigenvalue weighted by atomic mass is 127. The molecule has 5 nitrogen and oxygen atoms in total. The van der Waals surface area contributed by atoms with E-state index in [4.69, 9.17) is 4.99 Å². The Bertz CT molecular complexity index is 656. The lowest BCUT2D eigenvalue weighted by Crippen LogP contribution is -2.47. The molecule has 1 saturated carbocycles. The molecule has 0 radical (unpaired) electrons. The second kappa shape index (κ2) is 11.5. The van der Waals surface area contributed by atoms with Crippen molar-refractivity contribution >= 4 is 29.9 Å². The molecule has 7 heteroatoms. The van der Waals surface area contributed by atoms with Crippen molar-refractivity contribution in [3.05, 3.63) is 35.6 Å². The maximum atomic E-state index is 13.6. The molecule has 1 aromatic rings. The molecule has 2 N–H and O–H groups in total. The van der Waals surface area contributed by atoms with Crippen LogP contribution in [0.2, 0.25) is 0 Å². The van der Waals surface area contributed by atoms with Crippen LogP contribution in [0.5, 0.6) is 0 Å². The maximum absolute atomic E-state index is 13.6. The second-order valence-corrected chi connectivity index (χ2v) is 8.58. The molecule has 1 saturated heterocycles. The molecule has 1 atom stereocenters. The van der Waals surface area contributed by atoms with Crippen molar-refractivity contribution in [3.63, 3.8) is 0 Å². The van der Waals surface area contributed by atoms with Crippen molar-refractivity contribution in [1.29, 1.82) is 0 Å². The number of hydrogen-bond donors (Lipinski definition) is 2. The van der Waals surface area contributed by atoms with Crippen LogP contribution in [0.4, 0.5) is 4.39 Å². The van der Waals surface area contributed by atoms with Crippen LogP contribution >= 0.6 is 24.0 Å². The average Bonchev–Trinajstić information content (AvgIpc) is 3.47. The largest absolute Gasteiger partial charge is 0.357 e. The minimum Gasteiger partial charge on any atom is -0.357 e. The van der Waals surface area contributed by atoms with Crippen LogP contribution in [0.3, 0.4) is 0 Å². The van der Waals surface area contributed by atoms with E-state index in [1.165, 1.54) is 6.07 Å². The Labute approximate surface area is 192 Å². The zero-order chi connectivity index (χ0) is 20.0. The van der Waals surface area contributed by atoms with E-state index in [9.17, 15) is 4.39 Å². The Balaban J connectivity index is 0.00000300. The zero-order valence-electron chi connectivity index (χ0n) is 18.1. The van der Waals surface area contributed by atoms with Gasteiger partial charge >= 0.3 is 0 Å². The van der Waals surface area contributed by atoms with Gasteiger partial charge in [-0.3, -0.25) is 4.99 Å². The Morgan fingerprint density at radius 1 is 1.21 bits per heavy atom. The lowest BCUT2D eigenvalue weighted by molar-refractivity contribution is 0.139. The van der Waals surface area contributed by atoms with E-state index in [0.717, 1.165) is 70.2 Å². The topological polar surface area (TPSA) is 42.9 Å². The van der Waals surface area contributed by atoms with Crippen LogP contribution < -0.4 is 10.6 Å². The summed E-state index contributed by atoms with van der Waals surface area (Å²) in [6, 6.07) is 7.01. The summed E-state index contributed by atoms with van der Waals surface area (Å²) in [7, 11) is 2.19. The number of aliphatic imine (C=N–C) groups is 1. The summed E-state index contributed by atoms with van der Waals surface area (Å²) >= 11 is 0. The summed E-state index contributed by atoms with van der Waals surface area (Å²) in [5.74, 6) is 1.27. The van der Waals surface area contributed by atoms with Gasteiger partial charge in [0, 0.05) is 51.2 Å². The fraction of sp³-hybridized carbons (Fsp3) is 0.682. The number of rotatable bonds is 8. The molecule has 29 heavy (non-hydrogen) atoms. The summed E-state index contributed by atoms with van der Waals surface area (Å²) in [6.07, 6.45) is 2.17. The van der Waals surface area contributed by atoms with E-state index in [0.29, 0.717) is 12.5 Å². The van der Waals surface area contributed by atoms with Crippen LogP contribution in [0, 0.1) is 11.7 Å². The van der Waals surface area contributed by atoms with Crippen LogP contribution in [-0.4, -0.2) is 75.2 Å². The third-order valence-corrected chi connectivity index (χ3v) is 5.96. The number of nitrogens with zero attached hydrogens (tertiary/aromatic N) is 3. The SMILES string of the molecule is CCNC(=NCC1(c2cccc(F)c2)CC1)NCC(C)CN1CCN(C)CC1.I. The predicted molar refractivity (Wildman–Crippen MR) is 130 cm³/mol. The number of piperazine rings is 1. The van der Waals surface area contributed by atoms with Crippen LogP contribution in [0.25, 0.3) is 0 Å². The summed E-state index contributed by atoms with van der Waals surface area (Å²) in [5.41, 5.74) is 1.10. The first-order chi connectivity index (χ1) is 13.5. The summed E-state index contributed by atoms with van der Waals surface area (Å²) < 4.78 is 13.6. The third kappa shape index (κ3) is 7.36. The lowest BCUT2D eigenvalue weighted by atomic mass is 9.96. The number of halogens is 2. The first-order valence-corrected chi connectivity index (χ1v) is 10.7. The van der Waals surface area contributed by atoms with Gasteiger partial charge in [0.2, 0.25) is 0 Å². The molecule has 2 fully saturated rings. The molecule has 164 valence electrons. The zero-order valence-corrected chi connectivity index (χ0v) is 20.4. The molecule has 1 aromatic carbocycles. The van der Waals surface area contributed by atoms with E-state index in [2.05, 4.69) is 41.3 Å². The molecule has 2 aliphatic rings. The minimum absolute atomic E-state index is 0. The molecule has 0 aromatic heterocycles. The van der Waals surface area contributed by atoms with Crippen molar-refractivity contribution in [2.24, 2.45) is 10.9 Å². The fourth-order valence-electron chi connectivity index (χ4n) is 3.89. The Morgan fingerprint density at radius 2 is 1.93 bits per heavy atom. The number of benzene rings is 1. The van der Waals surface area contributed by atoms with Gasteiger partial charge < -0.3 is 20.4 Å². The molecule has 1 aliphatic heterocycles. The third-order valence-electron chi connectivity index (χ3n) is 5.96. The van der Waals surface area contributed by atoms with Gasteiger partial charge in [-0.25, -0.2) is 4.39 Å². The van der Waals surface area contributed by atoms with Gasteiger partial charge in [0.05, 0.1) is 6.54 Å². The Hall–Kier alpha value is -0.930. The molecule has 0 spiro atoms. The van der Waals surface area contributed by atoms with Gasteiger partial charge in [-0.15, -0.1) is 24.0 Å². The van der Waals surface area contributed by atoms with E-state index in [1.807, 2.05) is 6.07 Å². The average molecular weight is 517 g/mol. The highest BCUT2D eigenvalue weighted by Gasteiger charge is 2.44. The van der Waals surface area contributed by atoms with Gasteiger partial charge in [-0.05, 0) is 50.4 Å². The van der Waals surface area contributed by atoms with Crippen LogP contribution in [0.15, 0.2) is 29.3 Å². The fourth-order valence-corrected chi connectivity index (χ4v) is 3.89. The van der Waals surface area contributed by atoms with Gasteiger partial charge in [0.1, 0.15) is 5.82 Å². The molecule has 1 unspecified atom stereocenters. The highest BCUT2D eigenvalue weighted by molar-refractivity contribution is 14.0. The number of likely N-dealkylation sites (N-methyl/N-ethyl adjacent to an activating group) is 1. The van der Waals surface area contributed by atoms with Gasteiger partial charge in [0.25, 0.3) is 0 Å². The highest BCUT2D eigenvalue weighted by Crippen LogP contribution is 2.48. The first kappa shape index (κ1) is 24.3. The van der Waals surface area contributed by atoms with Gasteiger partial charge in [0.15, 0.2) is 5.96 Å². The van der Waals surface area contributed by atoms with Crippen molar-refractivity contribution in [2.75, 3.05) is 59.4 Å². The first-order valence-electron chi connectivity index (χ1n) is 10.7. The van der Waals surface area contributed by atoms with Crippen LogP contribution in [0.1, 0.15) is 32.3 Å². The molecule has 0 bridgehead atoms. The number of hydrogen-bond acceptors (Lipinski definition) is 3. The minimum atomic E-state index is -0.157. The molecular weight excluding hydrogens is 480 g/mol. The van der Waals surface area contributed by atoms with Crippen molar-refractivity contribution in [2.45, 2.75) is 32.1 Å². The normalized spacial score (nSPS) is 20.6. The van der Waals surface area contributed by atoms with E-state index in [1.54, 1.807) is 12.1 Å². The molecule has 3 rings (SSSR count). The van der Waals surface area contributed by atoms with Crippen molar-refractivity contribution < 1.29 is 4.39 Å². The second-order valence-electron chi connectivity index (χ2n) is 8.58. The standard InChI is InChI=1S/C22H36FN5.HI/c1-4-24-21(25-15-18(2)16-28-12-10-27(3)11-13-28)26-17-22(8-9-22)19-6-5-7-20(23)14-19;/h5-7,14,18H,4,8-13,15-17H2,1-3H3,(H2,24,25,26);1H. The van der Waals surface area contributed by atoms with Crippen molar-refractivity contribution in [3.8, 4) is 0 Å². The van der Waals surface area contributed by atoms with Crippen molar-refractivity contribution in [1.82, 2.24) is 20.4 Å². The summed E-state index contributed by atoms with van der Waals surface area (Å²) in [5, 5.41) is 6.86. The quantitative estimate of drug-likeness (QED) is 0.316. The van der Waals surface area contributed by atoms with Gasteiger partial charge in [-0.1, -0.05) is 19.1 Å². The predicted octanol–water partition coefficient (Wildman–Crippen LogP) is 2.91. The number of guanidine groups is 1. The lowest BCUT2D eigenvalue weighted by Gasteiger charge is -2.34. The van der Waals surface area contributed by atoms with Crippen LogP contribution in [-0.2, 0) is 5.41 Å². The Morgan fingerprint density at radius 3 is 2.55 bits per heavy atom. The number of nitrogens with one attached hydrogen (secondary N) is 2. The van der Waals surface area contributed by atoms with E-state index >= 15 is 0 Å². The van der Waals surface area contributed by atoms with E-state index in [-0.39, 0.29) is 35.2 Å². The Kier molecular flexibility index (Phi) is 9.62. The summed E-state index contributed by atoms with van der Waals surface area (Å²) in [6.45, 7) is 12.6. The maximum Gasteiger partial charge on any atom is 0.191 e. The molecule has 1 aliphatic carbocycles. The molecule has 1 heterocycles. The molecular formula is C22H37FIN5. The smallest absolute Gasteiger partial charge is 0.191 e. The molecule has 0 amide bonds. The van der Waals surface area contributed by atoms with Gasteiger partial charge in [-0.2, -0.15) is 0 Å². The summed E-state index contributed by atoms with van der Waals surface area (Å²) in [4.78, 5) is 9.78.